The fourth-order valence-electron chi connectivity index (χ4n) is 5.98. The Balaban J connectivity index is 1.52. The molecule has 1 aliphatic heterocycles. The van der Waals surface area contributed by atoms with Gasteiger partial charge in [-0.2, -0.15) is 8.42 Å². The molecule has 1 aliphatic carbocycles. The summed E-state index contributed by atoms with van der Waals surface area (Å²) in [4.78, 5) is 39.2. The summed E-state index contributed by atoms with van der Waals surface area (Å²) in [5.41, 5.74) is -0.780. The number of benzene rings is 2. The number of halogens is 1. The first kappa shape index (κ1) is 33.7. The molecular weight excluding hydrogens is 610 g/mol. The summed E-state index contributed by atoms with van der Waals surface area (Å²) in [7, 11) is -4.97. The van der Waals surface area contributed by atoms with Gasteiger partial charge in [0.15, 0.2) is 0 Å². The van der Waals surface area contributed by atoms with Gasteiger partial charge in [-0.25, -0.2) is 4.79 Å². The van der Waals surface area contributed by atoms with Crippen molar-refractivity contribution in [1.29, 1.82) is 0 Å². The monoisotopic (exact) mass is 649 g/mol. The fourth-order valence-corrected chi connectivity index (χ4v) is 6.79. The zero-order valence-electron chi connectivity index (χ0n) is 24.4. The van der Waals surface area contributed by atoms with Gasteiger partial charge in [0.05, 0.1) is 6.04 Å². The van der Waals surface area contributed by atoms with Crippen molar-refractivity contribution in [3.05, 3.63) is 70.7 Å². The van der Waals surface area contributed by atoms with Crippen LogP contribution in [0.3, 0.4) is 0 Å². The smallest absolute Gasteiger partial charge is 0.408 e. The summed E-state index contributed by atoms with van der Waals surface area (Å²) in [5.74, 6) is -1.62. The van der Waals surface area contributed by atoms with Crippen LogP contribution in [0.4, 0.5) is 4.79 Å². The highest BCUT2D eigenvalue weighted by Crippen LogP contribution is 2.29. The second kappa shape index (κ2) is 15.7. The van der Waals surface area contributed by atoms with Crippen LogP contribution in [-0.2, 0) is 30.9 Å². The van der Waals surface area contributed by atoms with Gasteiger partial charge >= 0.3 is 6.09 Å². The first-order valence-corrected chi connectivity index (χ1v) is 16.9. The van der Waals surface area contributed by atoms with Gasteiger partial charge in [-0.15, -0.1) is 0 Å². The van der Waals surface area contributed by atoms with E-state index in [1.165, 1.54) is 0 Å². The van der Waals surface area contributed by atoms with Gasteiger partial charge in [0.1, 0.15) is 12.1 Å². The van der Waals surface area contributed by atoms with Crippen LogP contribution in [0, 0.1) is 11.8 Å². The van der Waals surface area contributed by atoms with Crippen LogP contribution in [0.15, 0.2) is 54.6 Å². The number of aliphatic hydroxyl groups excluding tert-OH is 1. The predicted molar refractivity (Wildman–Crippen MR) is 164 cm³/mol. The zero-order valence-corrected chi connectivity index (χ0v) is 25.9. The molecular formula is C31H40ClN3O8S. The lowest BCUT2D eigenvalue weighted by Gasteiger charge is -2.30. The van der Waals surface area contributed by atoms with E-state index in [1.54, 1.807) is 18.2 Å². The number of carbonyl (C=O) groups excluding carboxylic acids is 3. The molecule has 13 heteroatoms. The molecule has 2 aliphatic rings. The van der Waals surface area contributed by atoms with E-state index < -0.39 is 51.7 Å². The Morgan fingerprint density at radius 3 is 2.36 bits per heavy atom. The Labute approximate surface area is 262 Å². The van der Waals surface area contributed by atoms with E-state index in [1.807, 2.05) is 36.4 Å². The van der Waals surface area contributed by atoms with Crippen LogP contribution in [0.2, 0.25) is 5.02 Å². The second-order valence-electron chi connectivity index (χ2n) is 11.6. The minimum absolute atomic E-state index is 0.127. The summed E-state index contributed by atoms with van der Waals surface area (Å²) in [6.45, 7) is 0.377. The Morgan fingerprint density at radius 2 is 1.73 bits per heavy atom. The van der Waals surface area contributed by atoms with E-state index in [2.05, 4.69) is 16.0 Å². The normalized spacial score (nSPS) is 20.2. The molecule has 0 spiro atoms. The molecule has 0 radical (unpaired) electrons. The average molecular weight is 650 g/mol. The molecule has 5 atom stereocenters. The molecule has 2 fully saturated rings. The Bertz CT molecular complexity index is 1390. The maximum Gasteiger partial charge on any atom is 0.408 e. The molecule has 11 nitrogen and oxygen atoms in total. The van der Waals surface area contributed by atoms with Crippen molar-refractivity contribution >= 4 is 39.6 Å². The number of hydrogen-bond donors (Lipinski definition) is 5. The molecule has 1 saturated heterocycles. The van der Waals surface area contributed by atoms with Crippen molar-refractivity contribution in [3.63, 3.8) is 0 Å². The standard InChI is InChI=1S/C31H40ClN3O8S/c32-24-13-7-10-21(16-24)18-27(22-11-5-2-6-12-22)43-31(39)35-25(17-20-8-3-1-4-9-20)29(37)34-26(30(38)44(40,41)42)19-23-14-15-33-28(23)36/h2,5-7,10-13,16,20,23,25-27,30,38H,1,3-4,8-9,14-15,17-19H2,(H,33,36)(H,34,37)(H,35,39)(H,40,41,42)/t23-,25-,26-,27?,30?/m0/s1. The number of rotatable bonds is 13. The van der Waals surface area contributed by atoms with E-state index in [0.29, 0.717) is 24.4 Å². The molecule has 5 N–H and O–H groups in total. The molecule has 44 heavy (non-hydrogen) atoms. The summed E-state index contributed by atoms with van der Waals surface area (Å²) in [6, 6.07) is 13.7. The van der Waals surface area contributed by atoms with Crippen molar-refractivity contribution in [2.45, 2.75) is 81.4 Å². The van der Waals surface area contributed by atoms with Gasteiger partial charge in [-0.1, -0.05) is 86.2 Å². The topological polar surface area (TPSA) is 171 Å². The zero-order chi connectivity index (χ0) is 31.7. The van der Waals surface area contributed by atoms with E-state index in [4.69, 9.17) is 16.3 Å². The molecule has 2 unspecified atom stereocenters. The highest BCUT2D eigenvalue weighted by atomic mass is 35.5. The van der Waals surface area contributed by atoms with Gasteiger partial charge < -0.3 is 25.8 Å². The molecule has 3 amide bonds. The molecule has 4 rings (SSSR count). The Morgan fingerprint density at radius 1 is 1.00 bits per heavy atom. The third kappa shape index (κ3) is 9.91. The van der Waals surface area contributed by atoms with E-state index in [0.717, 1.165) is 43.2 Å². The number of carbonyl (C=O) groups is 3. The molecule has 240 valence electrons. The molecule has 2 aromatic carbocycles. The highest BCUT2D eigenvalue weighted by molar-refractivity contribution is 7.86. The molecule has 1 saturated carbocycles. The van der Waals surface area contributed by atoms with Gasteiger partial charge in [-0.05, 0) is 48.4 Å². The number of aliphatic hydroxyl groups is 1. The van der Waals surface area contributed by atoms with Crippen LogP contribution in [0.1, 0.15) is 68.6 Å². The summed E-state index contributed by atoms with van der Waals surface area (Å²) in [5, 5.41) is 18.8. The minimum atomic E-state index is -4.97. The number of ether oxygens (including phenoxy) is 1. The van der Waals surface area contributed by atoms with Crippen molar-refractivity contribution in [2.24, 2.45) is 11.8 Å². The van der Waals surface area contributed by atoms with Crippen molar-refractivity contribution in [3.8, 4) is 0 Å². The van der Waals surface area contributed by atoms with Gasteiger partial charge in [-0.3, -0.25) is 14.1 Å². The van der Waals surface area contributed by atoms with Gasteiger partial charge in [0, 0.05) is 23.9 Å². The van der Waals surface area contributed by atoms with Crippen LogP contribution in [-0.4, -0.2) is 60.0 Å². The highest BCUT2D eigenvalue weighted by Gasteiger charge is 2.38. The van der Waals surface area contributed by atoms with Gasteiger partial charge in [0.25, 0.3) is 10.1 Å². The summed E-state index contributed by atoms with van der Waals surface area (Å²) >= 11 is 6.17. The SMILES string of the molecule is O=C(N[C@@H](CC1CCCCC1)C(=O)N[C@@H](C[C@@H]1CCNC1=O)C(O)S(=O)(=O)O)OC(Cc1cccc(Cl)c1)c1ccccc1. The molecule has 1 heterocycles. The molecule has 0 bridgehead atoms. The Hall–Kier alpha value is -3.19. The predicted octanol–water partition coefficient (Wildman–Crippen LogP) is 3.91. The van der Waals surface area contributed by atoms with Crippen LogP contribution in [0.25, 0.3) is 0 Å². The number of hydrogen-bond acceptors (Lipinski definition) is 7. The lowest BCUT2D eigenvalue weighted by Crippen LogP contribution is -2.55. The number of alkyl carbamates (subject to hydrolysis) is 1. The third-order valence-corrected chi connectivity index (χ3v) is 9.49. The maximum atomic E-state index is 13.6. The summed E-state index contributed by atoms with van der Waals surface area (Å²) < 4.78 is 39.2. The number of nitrogens with one attached hydrogen (secondary N) is 3. The van der Waals surface area contributed by atoms with E-state index >= 15 is 0 Å². The summed E-state index contributed by atoms with van der Waals surface area (Å²) in [6.07, 6.45) is 3.98. The number of amides is 3. The third-order valence-electron chi connectivity index (χ3n) is 8.31. The first-order chi connectivity index (χ1) is 21.0. The first-order valence-electron chi connectivity index (χ1n) is 15.0. The van der Waals surface area contributed by atoms with Gasteiger partial charge in [0.2, 0.25) is 17.3 Å². The van der Waals surface area contributed by atoms with Crippen molar-refractivity contribution in [1.82, 2.24) is 16.0 Å². The van der Waals surface area contributed by atoms with Crippen LogP contribution in [0.5, 0.6) is 0 Å². The van der Waals surface area contributed by atoms with Crippen molar-refractivity contribution in [2.75, 3.05) is 6.54 Å². The van der Waals surface area contributed by atoms with Crippen LogP contribution < -0.4 is 16.0 Å². The second-order valence-corrected chi connectivity index (χ2v) is 13.6. The average Bonchev–Trinajstić information content (AvgIpc) is 3.40. The quantitative estimate of drug-likeness (QED) is 0.203. The fraction of sp³-hybridized carbons (Fsp3) is 0.516. The molecule has 2 aromatic rings. The van der Waals surface area contributed by atoms with Crippen molar-refractivity contribution < 1.29 is 37.2 Å². The minimum Gasteiger partial charge on any atom is -0.441 e. The van der Waals surface area contributed by atoms with Crippen LogP contribution >= 0.6 is 11.6 Å². The molecule has 0 aromatic heterocycles. The Kier molecular flexibility index (Phi) is 12.0. The largest absolute Gasteiger partial charge is 0.441 e. The lowest BCUT2D eigenvalue weighted by molar-refractivity contribution is -0.126. The maximum absolute atomic E-state index is 13.6. The van der Waals surface area contributed by atoms with E-state index in [-0.39, 0.29) is 24.7 Å². The lowest BCUT2D eigenvalue weighted by atomic mass is 9.84. The van der Waals surface area contributed by atoms with E-state index in [9.17, 15) is 32.5 Å².